The molecule has 0 aromatic rings. The van der Waals surface area contributed by atoms with E-state index in [4.69, 9.17) is 0 Å². The Hall–Kier alpha value is -0.650. The highest BCUT2D eigenvalue weighted by Gasteiger charge is 1.97. The number of rotatable bonds is 7. The van der Waals surface area contributed by atoms with Gasteiger partial charge in [-0.25, -0.2) is 8.42 Å². The summed E-state index contributed by atoms with van der Waals surface area (Å²) in [5.41, 5.74) is 3.88. The average Bonchev–Trinajstić information content (AvgIpc) is 2.15. The highest BCUT2D eigenvalue weighted by atomic mass is 32.2. The molecule has 0 spiro atoms. The van der Waals surface area contributed by atoms with E-state index >= 15 is 0 Å². The van der Waals surface area contributed by atoms with Gasteiger partial charge >= 0.3 is 0 Å². The van der Waals surface area contributed by atoms with Crippen molar-refractivity contribution in [3.8, 4) is 0 Å². The summed E-state index contributed by atoms with van der Waals surface area (Å²) in [7, 11) is -3.94. The maximum Gasteiger partial charge on any atom is 0.0945 e. The SMILES string of the molecule is C=CCC([NH3+])CC=C.CCCCS(=O)(=O)[O-]. The molecule has 0 aliphatic rings. The van der Waals surface area contributed by atoms with Crippen LogP contribution in [0.25, 0.3) is 0 Å². The van der Waals surface area contributed by atoms with Crippen molar-refractivity contribution in [3.05, 3.63) is 25.3 Å². The van der Waals surface area contributed by atoms with Gasteiger partial charge in [0.15, 0.2) is 0 Å². The fourth-order valence-electron chi connectivity index (χ4n) is 0.889. The Morgan fingerprint density at radius 1 is 1.31 bits per heavy atom. The smallest absolute Gasteiger partial charge is 0.0945 e. The maximum absolute atomic E-state index is 9.83. The molecule has 96 valence electrons. The van der Waals surface area contributed by atoms with Crippen LogP contribution < -0.4 is 5.73 Å². The average molecular weight is 249 g/mol. The monoisotopic (exact) mass is 249 g/mol. The van der Waals surface area contributed by atoms with E-state index < -0.39 is 10.1 Å². The van der Waals surface area contributed by atoms with Crippen molar-refractivity contribution in [2.75, 3.05) is 5.75 Å². The summed E-state index contributed by atoms with van der Waals surface area (Å²) in [5, 5.41) is 0. The molecule has 16 heavy (non-hydrogen) atoms. The lowest BCUT2D eigenvalue weighted by Crippen LogP contribution is -2.60. The van der Waals surface area contributed by atoms with Gasteiger partial charge in [0.1, 0.15) is 0 Å². The van der Waals surface area contributed by atoms with E-state index in [9.17, 15) is 13.0 Å². The van der Waals surface area contributed by atoms with Gasteiger partial charge in [-0.05, 0) is 6.42 Å². The van der Waals surface area contributed by atoms with Crippen molar-refractivity contribution in [1.29, 1.82) is 0 Å². The van der Waals surface area contributed by atoms with Crippen LogP contribution in [0.15, 0.2) is 25.3 Å². The molecule has 0 heterocycles. The first-order chi connectivity index (χ1) is 7.37. The zero-order valence-corrected chi connectivity index (χ0v) is 10.8. The highest BCUT2D eigenvalue weighted by Crippen LogP contribution is 1.91. The molecule has 0 atom stereocenters. The van der Waals surface area contributed by atoms with Gasteiger partial charge in [0.05, 0.1) is 16.2 Å². The minimum absolute atomic E-state index is 0.219. The maximum atomic E-state index is 9.83. The molecule has 0 unspecified atom stereocenters. The first-order valence-electron chi connectivity index (χ1n) is 5.35. The van der Waals surface area contributed by atoms with Crippen molar-refractivity contribution < 1.29 is 18.7 Å². The van der Waals surface area contributed by atoms with Crippen LogP contribution in [0, 0.1) is 0 Å². The van der Waals surface area contributed by atoms with E-state index in [2.05, 4.69) is 18.9 Å². The van der Waals surface area contributed by atoms with E-state index in [0.717, 1.165) is 19.3 Å². The molecule has 0 rings (SSSR count). The van der Waals surface area contributed by atoms with Crippen LogP contribution in [-0.2, 0) is 10.1 Å². The first kappa shape index (κ1) is 17.7. The summed E-state index contributed by atoms with van der Waals surface area (Å²) in [6.07, 6.45) is 6.99. The normalized spacial score (nSPS) is 10.5. The Bertz CT molecular complexity index is 263. The molecular weight excluding hydrogens is 226 g/mol. The number of quaternary nitrogens is 1. The van der Waals surface area contributed by atoms with Gasteiger partial charge in [-0.15, -0.1) is 13.2 Å². The van der Waals surface area contributed by atoms with Crippen LogP contribution in [0.3, 0.4) is 0 Å². The molecule has 0 radical (unpaired) electrons. The predicted molar refractivity (Wildman–Crippen MR) is 65.8 cm³/mol. The van der Waals surface area contributed by atoms with Crippen molar-refractivity contribution in [3.63, 3.8) is 0 Å². The highest BCUT2D eigenvalue weighted by molar-refractivity contribution is 7.85. The second kappa shape index (κ2) is 10.9. The third-order valence-corrected chi connectivity index (χ3v) is 2.54. The van der Waals surface area contributed by atoms with Gasteiger partial charge in [-0.1, -0.05) is 25.5 Å². The van der Waals surface area contributed by atoms with E-state index in [0.29, 0.717) is 12.5 Å². The van der Waals surface area contributed by atoms with E-state index in [-0.39, 0.29) is 5.75 Å². The zero-order chi connectivity index (χ0) is 13.0. The molecule has 0 amide bonds. The third kappa shape index (κ3) is 19.0. The molecule has 3 N–H and O–H groups in total. The molecule has 0 aliphatic heterocycles. The lowest BCUT2D eigenvalue weighted by atomic mass is 10.1. The van der Waals surface area contributed by atoms with Gasteiger partial charge in [-0.2, -0.15) is 0 Å². The van der Waals surface area contributed by atoms with Crippen molar-refractivity contribution in [1.82, 2.24) is 0 Å². The molecule has 0 saturated carbocycles. The first-order valence-corrected chi connectivity index (χ1v) is 6.93. The Kier molecular flexibility index (Phi) is 12.0. The summed E-state index contributed by atoms with van der Waals surface area (Å²) < 4.78 is 29.5. The lowest BCUT2D eigenvalue weighted by Gasteiger charge is -2.02. The van der Waals surface area contributed by atoms with Gasteiger partial charge in [0.2, 0.25) is 0 Å². The van der Waals surface area contributed by atoms with E-state index in [1.807, 2.05) is 19.1 Å². The minimum atomic E-state index is -3.94. The van der Waals surface area contributed by atoms with Crippen LogP contribution in [-0.4, -0.2) is 24.8 Å². The molecule has 0 saturated heterocycles. The predicted octanol–water partition coefficient (Wildman–Crippen LogP) is 1.08. The van der Waals surface area contributed by atoms with Crippen LogP contribution in [0.5, 0.6) is 0 Å². The van der Waals surface area contributed by atoms with Crippen molar-refractivity contribution in [2.45, 2.75) is 38.6 Å². The van der Waals surface area contributed by atoms with Gasteiger partial charge in [0.25, 0.3) is 0 Å². The summed E-state index contributed by atoms with van der Waals surface area (Å²) in [4.78, 5) is 0. The van der Waals surface area contributed by atoms with Crippen LogP contribution in [0.2, 0.25) is 0 Å². The van der Waals surface area contributed by atoms with Gasteiger partial charge < -0.3 is 10.3 Å². The Morgan fingerprint density at radius 2 is 1.75 bits per heavy atom. The van der Waals surface area contributed by atoms with Crippen LogP contribution >= 0.6 is 0 Å². The van der Waals surface area contributed by atoms with Crippen molar-refractivity contribution >= 4 is 10.1 Å². The fourth-order valence-corrected chi connectivity index (χ4v) is 1.53. The Balaban J connectivity index is 0. The van der Waals surface area contributed by atoms with Gasteiger partial charge in [-0.3, -0.25) is 0 Å². The molecule has 0 bridgehead atoms. The van der Waals surface area contributed by atoms with E-state index in [1.54, 1.807) is 0 Å². The minimum Gasteiger partial charge on any atom is -0.748 e. The van der Waals surface area contributed by atoms with Crippen LogP contribution in [0.4, 0.5) is 0 Å². The summed E-state index contributed by atoms with van der Waals surface area (Å²) in [5.74, 6) is -0.219. The molecule has 4 nitrogen and oxygen atoms in total. The molecule has 0 aliphatic carbocycles. The van der Waals surface area contributed by atoms with Crippen LogP contribution in [0.1, 0.15) is 32.6 Å². The lowest BCUT2D eigenvalue weighted by molar-refractivity contribution is -0.417. The standard InChI is InChI=1S/C7H13N.C4H10O3S/c1-3-5-7(8)6-4-2;1-2-3-4-8(5,6)7/h3-4,7H,1-2,5-6,8H2;2-4H2,1H3,(H,5,6,7). The summed E-state index contributed by atoms with van der Waals surface area (Å²) in [6, 6.07) is 0.477. The molecule has 5 heteroatoms. The number of unbranched alkanes of at least 4 members (excludes halogenated alkanes) is 1. The summed E-state index contributed by atoms with van der Waals surface area (Å²) in [6.45, 7) is 9.06. The second-order valence-corrected chi connectivity index (χ2v) is 5.05. The number of hydrogen-bond donors (Lipinski definition) is 1. The van der Waals surface area contributed by atoms with Crippen molar-refractivity contribution in [2.24, 2.45) is 0 Å². The second-order valence-electron chi connectivity index (χ2n) is 3.53. The molecule has 0 aromatic carbocycles. The largest absolute Gasteiger partial charge is 0.748 e. The van der Waals surface area contributed by atoms with E-state index in [1.165, 1.54) is 0 Å². The third-order valence-electron chi connectivity index (χ3n) is 1.75. The quantitative estimate of drug-likeness (QED) is 0.541. The zero-order valence-electron chi connectivity index (χ0n) is 10.0. The Morgan fingerprint density at radius 3 is 1.94 bits per heavy atom. The Labute approximate surface area is 99.0 Å². The topological polar surface area (TPSA) is 84.8 Å². The van der Waals surface area contributed by atoms with Gasteiger partial charge in [0, 0.05) is 18.6 Å². The summed E-state index contributed by atoms with van der Waals surface area (Å²) >= 11 is 0. The molecule has 0 aromatic heterocycles. The fraction of sp³-hybridized carbons (Fsp3) is 0.636. The number of hydrogen-bond acceptors (Lipinski definition) is 3. The molecule has 0 fully saturated rings. The molecular formula is C11H23NO3S.